The third-order valence-corrected chi connectivity index (χ3v) is 3.83. The quantitative estimate of drug-likeness (QED) is 0.548. The molecule has 1 aliphatic heterocycles. The van der Waals surface area contributed by atoms with Crippen LogP contribution in [0, 0.1) is 11.8 Å². The van der Waals surface area contributed by atoms with Crippen LogP contribution < -0.4 is 0 Å². The van der Waals surface area contributed by atoms with Crippen molar-refractivity contribution in [2.45, 2.75) is 51.4 Å². The van der Waals surface area contributed by atoms with E-state index in [0.29, 0.717) is 0 Å². The Kier molecular flexibility index (Phi) is 4.72. The first-order valence-electron chi connectivity index (χ1n) is 6.71. The average molecular weight is 208 g/mol. The molecule has 0 saturated carbocycles. The standard InChI is InChI=1S/C14H24O/c1-2-4-6-8-10-14-12-15-11-13(14)9-7-5-3-1/h7,9,13-14H,1-6,8,10-12H2/t13-,14-/m0/s1. The molecule has 86 valence electrons. The maximum absolute atomic E-state index is 5.60. The van der Waals surface area contributed by atoms with Crippen LogP contribution in [0.2, 0.25) is 0 Å². The second kappa shape index (κ2) is 6.32. The Morgan fingerprint density at radius 2 is 1.67 bits per heavy atom. The van der Waals surface area contributed by atoms with Crippen LogP contribution in [-0.2, 0) is 4.74 Å². The van der Waals surface area contributed by atoms with E-state index < -0.39 is 0 Å². The molecule has 2 atom stereocenters. The van der Waals surface area contributed by atoms with E-state index in [0.717, 1.165) is 25.0 Å². The van der Waals surface area contributed by atoms with Crippen LogP contribution in [-0.4, -0.2) is 13.2 Å². The smallest absolute Gasteiger partial charge is 0.0532 e. The van der Waals surface area contributed by atoms with Crippen LogP contribution in [0.4, 0.5) is 0 Å². The van der Waals surface area contributed by atoms with Crippen molar-refractivity contribution in [2.75, 3.05) is 13.2 Å². The van der Waals surface area contributed by atoms with Gasteiger partial charge < -0.3 is 4.74 Å². The van der Waals surface area contributed by atoms with Crippen LogP contribution >= 0.6 is 0 Å². The molecule has 0 aromatic rings. The molecular formula is C14H24O. The van der Waals surface area contributed by atoms with Crippen molar-refractivity contribution in [1.82, 2.24) is 0 Å². The lowest BCUT2D eigenvalue weighted by atomic mass is 9.89. The predicted molar refractivity (Wildman–Crippen MR) is 63.9 cm³/mol. The minimum Gasteiger partial charge on any atom is -0.381 e. The van der Waals surface area contributed by atoms with Crippen molar-refractivity contribution >= 4 is 0 Å². The molecule has 1 aliphatic carbocycles. The Morgan fingerprint density at radius 3 is 2.60 bits per heavy atom. The third kappa shape index (κ3) is 3.64. The molecule has 1 fully saturated rings. The van der Waals surface area contributed by atoms with E-state index >= 15 is 0 Å². The largest absolute Gasteiger partial charge is 0.381 e. The van der Waals surface area contributed by atoms with Gasteiger partial charge in [-0.25, -0.2) is 0 Å². The molecule has 2 rings (SSSR count). The third-order valence-electron chi connectivity index (χ3n) is 3.83. The zero-order valence-corrected chi connectivity index (χ0v) is 9.79. The van der Waals surface area contributed by atoms with Gasteiger partial charge >= 0.3 is 0 Å². The van der Waals surface area contributed by atoms with Crippen LogP contribution in [0.15, 0.2) is 12.2 Å². The summed E-state index contributed by atoms with van der Waals surface area (Å²) in [7, 11) is 0. The topological polar surface area (TPSA) is 9.23 Å². The van der Waals surface area contributed by atoms with Gasteiger partial charge in [0, 0.05) is 5.92 Å². The number of hydrogen-bond acceptors (Lipinski definition) is 1. The summed E-state index contributed by atoms with van der Waals surface area (Å²) in [5.41, 5.74) is 0. The molecule has 1 heteroatoms. The number of fused-ring (bicyclic) bond motifs is 1. The molecule has 15 heavy (non-hydrogen) atoms. The summed E-state index contributed by atoms with van der Waals surface area (Å²) in [4.78, 5) is 0. The first-order valence-corrected chi connectivity index (χ1v) is 6.71. The number of rotatable bonds is 0. The van der Waals surface area contributed by atoms with Crippen molar-refractivity contribution in [3.05, 3.63) is 12.2 Å². The molecule has 1 heterocycles. The van der Waals surface area contributed by atoms with Gasteiger partial charge in [0.1, 0.15) is 0 Å². The van der Waals surface area contributed by atoms with Gasteiger partial charge in [0.15, 0.2) is 0 Å². The summed E-state index contributed by atoms with van der Waals surface area (Å²) in [6, 6.07) is 0. The summed E-state index contributed by atoms with van der Waals surface area (Å²) in [6.45, 7) is 1.98. The fourth-order valence-electron chi connectivity index (χ4n) is 2.77. The zero-order valence-electron chi connectivity index (χ0n) is 9.79. The Balaban J connectivity index is 1.86. The van der Waals surface area contributed by atoms with E-state index in [1.165, 1.54) is 51.4 Å². The van der Waals surface area contributed by atoms with E-state index in [-0.39, 0.29) is 0 Å². The van der Waals surface area contributed by atoms with Crippen LogP contribution in [0.25, 0.3) is 0 Å². The fraction of sp³-hybridized carbons (Fsp3) is 0.857. The molecule has 0 unspecified atom stereocenters. The molecule has 0 bridgehead atoms. The van der Waals surface area contributed by atoms with Gasteiger partial charge in [-0.05, 0) is 25.2 Å². The monoisotopic (exact) mass is 208 g/mol. The van der Waals surface area contributed by atoms with Gasteiger partial charge in [-0.2, -0.15) is 0 Å². The Bertz CT molecular complexity index is 198. The predicted octanol–water partition coefficient (Wildman–Crippen LogP) is 3.94. The molecule has 1 saturated heterocycles. The summed E-state index contributed by atoms with van der Waals surface area (Å²) in [5.74, 6) is 1.55. The molecule has 0 aromatic heterocycles. The number of hydrogen-bond donors (Lipinski definition) is 0. The summed E-state index contributed by atoms with van der Waals surface area (Å²) >= 11 is 0. The lowest BCUT2D eigenvalue weighted by molar-refractivity contribution is 0.181. The van der Waals surface area contributed by atoms with Crippen molar-refractivity contribution in [3.63, 3.8) is 0 Å². The second-order valence-electron chi connectivity index (χ2n) is 5.09. The second-order valence-corrected chi connectivity index (χ2v) is 5.09. The van der Waals surface area contributed by atoms with Crippen molar-refractivity contribution in [1.29, 1.82) is 0 Å². The van der Waals surface area contributed by atoms with Gasteiger partial charge in [0.2, 0.25) is 0 Å². The molecule has 0 amide bonds. The van der Waals surface area contributed by atoms with E-state index in [2.05, 4.69) is 12.2 Å². The van der Waals surface area contributed by atoms with E-state index in [1.54, 1.807) is 0 Å². The molecule has 1 nitrogen and oxygen atoms in total. The minimum absolute atomic E-state index is 0.726. The minimum atomic E-state index is 0.726. The van der Waals surface area contributed by atoms with Gasteiger partial charge in [-0.1, -0.05) is 44.3 Å². The highest BCUT2D eigenvalue weighted by atomic mass is 16.5. The van der Waals surface area contributed by atoms with Crippen LogP contribution in [0.3, 0.4) is 0 Å². The van der Waals surface area contributed by atoms with Crippen LogP contribution in [0.5, 0.6) is 0 Å². The molecule has 2 aliphatic rings. The number of allylic oxidation sites excluding steroid dienone is 1. The van der Waals surface area contributed by atoms with Gasteiger partial charge in [0.25, 0.3) is 0 Å². The van der Waals surface area contributed by atoms with E-state index in [1.807, 2.05) is 0 Å². The first-order chi connectivity index (χ1) is 7.47. The maximum Gasteiger partial charge on any atom is 0.0532 e. The Morgan fingerprint density at radius 1 is 0.867 bits per heavy atom. The van der Waals surface area contributed by atoms with E-state index in [4.69, 9.17) is 4.74 Å². The fourth-order valence-corrected chi connectivity index (χ4v) is 2.77. The number of ether oxygens (including phenoxy) is 1. The SMILES string of the molecule is C1=C[C@H]2COC[C@@H]2CCCCCCCC1. The molecule has 0 radical (unpaired) electrons. The maximum atomic E-state index is 5.60. The van der Waals surface area contributed by atoms with Gasteiger partial charge in [0.05, 0.1) is 13.2 Å². The highest BCUT2D eigenvalue weighted by Crippen LogP contribution is 2.28. The zero-order chi connectivity index (χ0) is 10.3. The lowest BCUT2D eigenvalue weighted by Crippen LogP contribution is -2.10. The summed E-state index contributed by atoms with van der Waals surface area (Å²) in [6.07, 6.45) is 16.0. The molecule has 0 N–H and O–H groups in total. The Hall–Kier alpha value is -0.300. The summed E-state index contributed by atoms with van der Waals surface area (Å²) < 4.78 is 5.60. The molecule has 0 spiro atoms. The van der Waals surface area contributed by atoms with Gasteiger partial charge in [-0.3, -0.25) is 0 Å². The molecule has 0 aromatic carbocycles. The van der Waals surface area contributed by atoms with E-state index in [9.17, 15) is 0 Å². The molecular weight excluding hydrogens is 184 g/mol. The van der Waals surface area contributed by atoms with Crippen LogP contribution in [0.1, 0.15) is 51.4 Å². The Labute approximate surface area is 93.9 Å². The lowest BCUT2D eigenvalue weighted by Gasteiger charge is -2.14. The highest BCUT2D eigenvalue weighted by Gasteiger charge is 2.25. The van der Waals surface area contributed by atoms with Crippen molar-refractivity contribution in [2.24, 2.45) is 11.8 Å². The average Bonchev–Trinajstić information content (AvgIpc) is 2.65. The van der Waals surface area contributed by atoms with Gasteiger partial charge in [-0.15, -0.1) is 0 Å². The summed E-state index contributed by atoms with van der Waals surface area (Å²) in [5, 5.41) is 0. The first kappa shape index (κ1) is 11.2. The van der Waals surface area contributed by atoms with Crippen molar-refractivity contribution < 1.29 is 4.74 Å². The normalized spacial score (nSPS) is 34.1. The van der Waals surface area contributed by atoms with Crippen molar-refractivity contribution in [3.8, 4) is 0 Å². The highest BCUT2D eigenvalue weighted by molar-refractivity contribution is 4.94.